The molecule has 0 bridgehead atoms. The molecular formula is C38H56I3NO2. The first kappa shape index (κ1) is 35.7. The van der Waals surface area contributed by atoms with Crippen LogP contribution in [-0.2, 0) is 16.0 Å². The van der Waals surface area contributed by atoms with E-state index in [1.54, 1.807) is 5.57 Å². The van der Waals surface area contributed by atoms with Gasteiger partial charge in [0.15, 0.2) is 0 Å². The molecule has 44 heavy (non-hydrogen) atoms. The average Bonchev–Trinajstić information content (AvgIpc) is 3.33. The quantitative estimate of drug-likeness (QED) is 0.0791. The van der Waals surface area contributed by atoms with Crippen LogP contribution < -0.4 is 5.73 Å². The van der Waals surface area contributed by atoms with Crippen LogP contribution in [0.1, 0.15) is 130 Å². The van der Waals surface area contributed by atoms with Gasteiger partial charge < -0.3 is 10.5 Å². The van der Waals surface area contributed by atoms with E-state index in [4.69, 9.17) is 10.5 Å². The Kier molecular flexibility index (Phi) is 12.1. The number of unbranched alkanes of at least 4 members (excludes halogenated alkanes) is 1. The van der Waals surface area contributed by atoms with Crippen molar-refractivity contribution in [2.24, 2.45) is 46.3 Å². The number of halogens is 3. The zero-order chi connectivity index (χ0) is 31.8. The molecule has 0 amide bonds. The summed E-state index contributed by atoms with van der Waals surface area (Å²) in [7, 11) is 0. The fourth-order valence-electron chi connectivity index (χ4n) is 10.4. The molecule has 0 aliphatic heterocycles. The van der Waals surface area contributed by atoms with Gasteiger partial charge in [-0.25, -0.2) is 0 Å². The van der Waals surface area contributed by atoms with Crippen LogP contribution in [0, 0.1) is 57.0 Å². The molecule has 0 spiro atoms. The second-order valence-corrected chi connectivity index (χ2v) is 19.3. The van der Waals surface area contributed by atoms with Gasteiger partial charge in [-0.05, 0) is 190 Å². The fourth-order valence-corrected chi connectivity index (χ4v) is 14.4. The molecule has 1 aromatic carbocycles. The van der Waals surface area contributed by atoms with Crippen molar-refractivity contribution in [3.05, 3.63) is 34.0 Å². The van der Waals surface area contributed by atoms with Crippen LogP contribution >= 0.6 is 67.8 Å². The highest BCUT2D eigenvalue weighted by atomic mass is 127. The molecular weight excluding hydrogens is 883 g/mol. The molecule has 4 aliphatic carbocycles. The summed E-state index contributed by atoms with van der Waals surface area (Å²) >= 11 is 7.09. The number of nitrogens with two attached hydrogens (primary N) is 1. The Bertz CT molecular complexity index is 1230. The van der Waals surface area contributed by atoms with Crippen molar-refractivity contribution in [3.8, 4) is 0 Å². The standard InChI is InChI=1S/C38H56I3NO2/c1-23(2)9-8-10-24(3)29-15-16-30-27-14-13-25-21-26(17-19-37(25,4)31(27)18-20-38(29,30)5)44-34(43)12-7-6-11-28-32(39)22-33(40)36(42)35(28)41/h13,22-24,26-27,29-31H,6-12,14-21,42H2,1-5H3/t24-,26+,27+,29-,30+,31+,37+,38-/m1/s1. The van der Waals surface area contributed by atoms with Crippen molar-refractivity contribution < 1.29 is 9.53 Å². The number of rotatable bonds is 11. The van der Waals surface area contributed by atoms with E-state index in [0.29, 0.717) is 17.3 Å². The minimum absolute atomic E-state index is 0.00708. The third-order valence-electron chi connectivity index (χ3n) is 12.9. The Morgan fingerprint density at radius 3 is 2.50 bits per heavy atom. The van der Waals surface area contributed by atoms with Crippen LogP contribution in [0.4, 0.5) is 5.69 Å². The molecule has 0 aromatic heterocycles. The molecule has 0 heterocycles. The molecule has 3 fully saturated rings. The third-order valence-corrected chi connectivity index (χ3v) is 16.0. The zero-order valence-corrected chi connectivity index (χ0v) is 34.3. The smallest absolute Gasteiger partial charge is 0.306 e. The molecule has 0 radical (unpaired) electrons. The molecule has 3 nitrogen and oxygen atoms in total. The van der Waals surface area contributed by atoms with Crippen LogP contribution in [0.15, 0.2) is 17.7 Å². The highest BCUT2D eigenvalue weighted by Gasteiger charge is 2.59. The molecule has 5 rings (SSSR count). The van der Waals surface area contributed by atoms with Gasteiger partial charge in [-0.3, -0.25) is 4.79 Å². The summed E-state index contributed by atoms with van der Waals surface area (Å²) < 4.78 is 9.67. The maximum atomic E-state index is 12.9. The summed E-state index contributed by atoms with van der Waals surface area (Å²) in [6.07, 6.45) is 20.4. The molecule has 8 atom stereocenters. The summed E-state index contributed by atoms with van der Waals surface area (Å²) in [6, 6.07) is 2.16. The van der Waals surface area contributed by atoms with Crippen molar-refractivity contribution in [3.63, 3.8) is 0 Å². The van der Waals surface area contributed by atoms with Crippen molar-refractivity contribution in [2.75, 3.05) is 5.73 Å². The Hall–Kier alpha value is 0.420. The summed E-state index contributed by atoms with van der Waals surface area (Å²) in [5.74, 6) is 5.16. The normalized spacial score (nSPS) is 33.8. The number of benzene rings is 1. The monoisotopic (exact) mass is 939 g/mol. The molecule has 6 heteroatoms. The molecule has 246 valence electrons. The van der Waals surface area contributed by atoms with Gasteiger partial charge in [-0.1, -0.05) is 65.5 Å². The Morgan fingerprint density at radius 2 is 1.75 bits per heavy atom. The number of nitrogen functional groups attached to an aromatic ring is 1. The van der Waals surface area contributed by atoms with E-state index >= 15 is 0 Å². The maximum Gasteiger partial charge on any atom is 0.306 e. The van der Waals surface area contributed by atoms with Gasteiger partial charge in [0.1, 0.15) is 6.10 Å². The van der Waals surface area contributed by atoms with Crippen LogP contribution in [0.3, 0.4) is 0 Å². The largest absolute Gasteiger partial charge is 0.462 e. The van der Waals surface area contributed by atoms with Gasteiger partial charge in [0.2, 0.25) is 0 Å². The number of allylic oxidation sites excluding steroid dienone is 1. The number of ether oxygens (including phenoxy) is 1. The predicted molar refractivity (Wildman–Crippen MR) is 209 cm³/mol. The SMILES string of the molecule is CC(C)CCC[C@@H](C)[C@H]1CC[C@H]2[C@@H]3CC=C4C[C@@H](OC(=O)CCCCc5c(I)cc(I)c(N)c5I)CC[C@]4(C)[C@H]3CC[C@]12C. The highest BCUT2D eigenvalue weighted by molar-refractivity contribution is 14.1. The lowest BCUT2D eigenvalue weighted by Crippen LogP contribution is -2.51. The van der Waals surface area contributed by atoms with Gasteiger partial charge in [-0.15, -0.1) is 0 Å². The first-order chi connectivity index (χ1) is 20.8. The average molecular weight is 940 g/mol. The highest BCUT2D eigenvalue weighted by Crippen LogP contribution is 2.67. The zero-order valence-electron chi connectivity index (χ0n) is 27.8. The number of esters is 1. The first-order valence-electron chi connectivity index (χ1n) is 17.7. The van der Waals surface area contributed by atoms with E-state index in [1.807, 2.05) is 0 Å². The number of hydrogen-bond acceptors (Lipinski definition) is 3. The van der Waals surface area contributed by atoms with E-state index in [0.717, 1.165) is 80.4 Å². The van der Waals surface area contributed by atoms with Gasteiger partial charge in [0.05, 0.1) is 5.69 Å². The number of hydrogen-bond donors (Lipinski definition) is 1. The molecule has 4 aliphatic rings. The van der Waals surface area contributed by atoms with E-state index in [2.05, 4.69) is 115 Å². The summed E-state index contributed by atoms with van der Waals surface area (Å²) in [5.41, 5.74) is 10.9. The molecule has 2 N–H and O–H groups in total. The Morgan fingerprint density at radius 1 is 0.977 bits per heavy atom. The van der Waals surface area contributed by atoms with Crippen molar-refractivity contribution >= 4 is 79.4 Å². The van der Waals surface area contributed by atoms with Gasteiger partial charge in [0.25, 0.3) is 0 Å². The third kappa shape index (κ3) is 7.36. The van der Waals surface area contributed by atoms with Crippen molar-refractivity contribution in [2.45, 2.75) is 137 Å². The van der Waals surface area contributed by atoms with Gasteiger partial charge >= 0.3 is 5.97 Å². The summed E-state index contributed by atoms with van der Waals surface area (Å²) in [6.45, 7) is 12.6. The fraction of sp³-hybridized carbons (Fsp3) is 0.763. The van der Waals surface area contributed by atoms with Gasteiger partial charge in [-0.2, -0.15) is 0 Å². The number of carbonyl (C=O) groups is 1. The lowest BCUT2D eigenvalue weighted by Gasteiger charge is -2.58. The predicted octanol–water partition coefficient (Wildman–Crippen LogP) is 11.7. The Labute approximate surface area is 309 Å². The van der Waals surface area contributed by atoms with E-state index in [1.165, 1.54) is 66.9 Å². The molecule has 0 saturated heterocycles. The summed E-state index contributed by atoms with van der Waals surface area (Å²) in [4.78, 5) is 12.9. The maximum absolute atomic E-state index is 12.9. The lowest BCUT2D eigenvalue weighted by atomic mass is 9.47. The second kappa shape index (κ2) is 14.9. The minimum atomic E-state index is -0.00708. The van der Waals surface area contributed by atoms with E-state index < -0.39 is 0 Å². The van der Waals surface area contributed by atoms with Crippen LogP contribution in [0.2, 0.25) is 0 Å². The molecule has 1 aromatic rings. The summed E-state index contributed by atoms with van der Waals surface area (Å²) in [5, 5.41) is 0. The topological polar surface area (TPSA) is 52.3 Å². The molecule has 0 unspecified atom stereocenters. The van der Waals surface area contributed by atoms with Crippen LogP contribution in [0.5, 0.6) is 0 Å². The van der Waals surface area contributed by atoms with Crippen LogP contribution in [0.25, 0.3) is 0 Å². The van der Waals surface area contributed by atoms with Crippen molar-refractivity contribution in [1.29, 1.82) is 0 Å². The lowest BCUT2D eigenvalue weighted by molar-refractivity contribution is -0.151. The Balaban J connectivity index is 1.13. The van der Waals surface area contributed by atoms with E-state index in [9.17, 15) is 4.79 Å². The first-order valence-corrected chi connectivity index (χ1v) is 20.9. The minimum Gasteiger partial charge on any atom is -0.462 e. The van der Waals surface area contributed by atoms with Gasteiger partial charge in [0, 0.05) is 23.6 Å². The van der Waals surface area contributed by atoms with Crippen molar-refractivity contribution in [1.82, 2.24) is 0 Å². The number of anilines is 1. The molecule has 3 saturated carbocycles. The second-order valence-electron chi connectivity index (χ2n) is 15.9. The van der Waals surface area contributed by atoms with Crippen LogP contribution in [-0.4, -0.2) is 12.1 Å². The number of carbonyl (C=O) groups excluding carboxylic acids is 1. The van der Waals surface area contributed by atoms with E-state index in [-0.39, 0.29) is 12.1 Å². The number of fused-ring (bicyclic) bond motifs is 5.